The van der Waals surface area contributed by atoms with Crippen molar-refractivity contribution in [3.05, 3.63) is 28.8 Å². The summed E-state index contributed by atoms with van der Waals surface area (Å²) < 4.78 is 0. The van der Waals surface area contributed by atoms with Gasteiger partial charge in [-0.1, -0.05) is 17.7 Å². The van der Waals surface area contributed by atoms with Crippen LogP contribution in [0.3, 0.4) is 0 Å². The number of aryl methyl sites for hydroxylation is 3. The third-order valence-corrected chi connectivity index (χ3v) is 1.88. The number of hydrogen-bond acceptors (Lipinski definition) is 2. The fourth-order valence-corrected chi connectivity index (χ4v) is 1.47. The molecule has 0 N–H and O–H groups in total. The second-order valence-corrected chi connectivity index (χ2v) is 3.12. The van der Waals surface area contributed by atoms with Gasteiger partial charge in [-0.3, -0.25) is 9.79 Å². The van der Waals surface area contributed by atoms with Gasteiger partial charge in [0.15, 0.2) is 0 Å². The lowest BCUT2D eigenvalue weighted by Gasteiger charge is -2.05. The first kappa shape index (κ1) is 9.65. The average Bonchev–Trinajstić information content (AvgIpc) is 2.02. The van der Waals surface area contributed by atoms with Crippen molar-refractivity contribution in [1.29, 1.82) is 0 Å². The molecular formula is C11H12NO. The first-order chi connectivity index (χ1) is 6.15. The highest BCUT2D eigenvalue weighted by molar-refractivity contribution is 6.14. The highest BCUT2D eigenvalue weighted by atomic mass is 16.1. The third-order valence-electron chi connectivity index (χ3n) is 1.88. The second kappa shape index (κ2) is 3.99. The summed E-state index contributed by atoms with van der Waals surface area (Å²) in [5.74, 6) is 0. The van der Waals surface area contributed by atoms with Gasteiger partial charge in [-0.15, -0.1) is 0 Å². The Hall–Kier alpha value is -1.44. The van der Waals surface area contributed by atoms with Crippen molar-refractivity contribution in [3.8, 4) is 0 Å². The van der Waals surface area contributed by atoms with Gasteiger partial charge in [0.05, 0.1) is 11.9 Å². The molecule has 0 saturated heterocycles. The Morgan fingerprint density at radius 3 is 2.23 bits per heavy atom. The predicted octanol–water partition coefficient (Wildman–Crippen LogP) is 2.42. The lowest BCUT2D eigenvalue weighted by Crippen LogP contribution is -1.84. The van der Waals surface area contributed by atoms with Crippen molar-refractivity contribution in [2.45, 2.75) is 20.8 Å². The number of aliphatic imine (C=N–C) groups is 1. The quantitative estimate of drug-likeness (QED) is 0.633. The van der Waals surface area contributed by atoms with Crippen LogP contribution in [-0.2, 0) is 4.79 Å². The molecule has 13 heavy (non-hydrogen) atoms. The summed E-state index contributed by atoms with van der Waals surface area (Å²) >= 11 is 0. The molecule has 0 unspecified atom stereocenters. The van der Waals surface area contributed by atoms with Crippen LogP contribution >= 0.6 is 0 Å². The van der Waals surface area contributed by atoms with E-state index >= 15 is 0 Å². The molecule has 1 aromatic carbocycles. The molecule has 2 nitrogen and oxygen atoms in total. The Labute approximate surface area is 78.3 Å². The summed E-state index contributed by atoms with van der Waals surface area (Å²) in [6.07, 6.45) is 2.80. The number of nitrogens with zero attached hydrogens (tertiary/aromatic N) is 1. The first-order valence-electron chi connectivity index (χ1n) is 4.13. The fraction of sp³-hybridized carbons (Fsp3) is 0.273. The normalized spacial score (nSPS) is 10.7. The average molecular weight is 174 g/mol. The molecule has 0 aliphatic carbocycles. The zero-order chi connectivity index (χ0) is 9.84. The van der Waals surface area contributed by atoms with Crippen molar-refractivity contribution in [1.82, 2.24) is 0 Å². The van der Waals surface area contributed by atoms with Crippen LogP contribution in [0.4, 0.5) is 5.69 Å². The number of carbonyl (C=O) groups excluding carboxylic acids is 1. The van der Waals surface area contributed by atoms with Gasteiger partial charge < -0.3 is 0 Å². The van der Waals surface area contributed by atoms with Gasteiger partial charge in [-0.2, -0.15) is 0 Å². The SMILES string of the molecule is Cc1cc(C)c(N=C[C]=O)c(C)c1. The second-order valence-electron chi connectivity index (χ2n) is 3.12. The molecule has 0 aromatic heterocycles. The van der Waals surface area contributed by atoms with Crippen molar-refractivity contribution in [2.24, 2.45) is 4.99 Å². The summed E-state index contributed by atoms with van der Waals surface area (Å²) in [5, 5.41) is 0. The van der Waals surface area contributed by atoms with Gasteiger partial charge in [-0.05, 0) is 31.9 Å². The molecule has 0 aliphatic rings. The van der Waals surface area contributed by atoms with Crippen molar-refractivity contribution in [2.75, 3.05) is 0 Å². The summed E-state index contributed by atoms with van der Waals surface area (Å²) in [6.45, 7) is 6.01. The molecule has 1 radical (unpaired) electrons. The number of hydrogen-bond donors (Lipinski definition) is 0. The standard InChI is InChI=1S/C11H12NO/c1-8-6-9(2)11(10(3)7-8)12-4-5-13/h4,6-7H,1-3H3. The Kier molecular flexibility index (Phi) is 2.96. The summed E-state index contributed by atoms with van der Waals surface area (Å²) in [5.41, 5.74) is 4.26. The summed E-state index contributed by atoms with van der Waals surface area (Å²) in [4.78, 5) is 14.0. The van der Waals surface area contributed by atoms with Gasteiger partial charge in [0.25, 0.3) is 0 Å². The minimum atomic E-state index is 0.869. The Balaban J connectivity index is 3.20. The smallest absolute Gasteiger partial charge is 0.245 e. The monoisotopic (exact) mass is 174 g/mol. The maximum Gasteiger partial charge on any atom is 0.245 e. The molecule has 1 rings (SSSR count). The highest BCUT2D eigenvalue weighted by Gasteiger charge is 2.00. The van der Waals surface area contributed by atoms with Gasteiger partial charge >= 0.3 is 0 Å². The Morgan fingerprint density at radius 1 is 1.23 bits per heavy atom. The Morgan fingerprint density at radius 2 is 1.77 bits per heavy atom. The summed E-state index contributed by atoms with van der Waals surface area (Å²) in [7, 11) is 0. The van der Waals surface area contributed by atoms with Gasteiger partial charge in [0.2, 0.25) is 6.29 Å². The lowest BCUT2D eigenvalue weighted by atomic mass is 10.1. The van der Waals surface area contributed by atoms with Gasteiger partial charge in [0, 0.05) is 0 Å². The minimum Gasteiger partial charge on any atom is -0.284 e. The van der Waals surface area contributed by atoms with Crippen molar-refractivity contribution >= 4 is 18.2 Å². The minimum absolute atomic E-state index is 0.869. The fourth-order valence-electron chi connectivity index (χ4n) is 1.47. The number of benzene rings is 1. The van der Waals surface area contributed by atoms with E-state index in [2.05, 4.69) is 4.99 Å². The van der Waals surface area contributed by atoms with Gasteiger partial charge in [-0.25, -0.2) is 0 Å². The predicted molar refractivity (Wildman–Crippen MR) is 54.5 cm³/mol. The third kappa shape index (κ3) is 2.25. The van der Waals surface area contributed by atoms with E-state index in [0.29, 0.717) is 0 Å². The topological polar surface area (TPSA) is 29.4 Å². The molecular weight excluding hydrogens is 162 g/mol. The van der Waals surface area contributed by atoms with Crippen LogP contribution in [0.25, 0.3) is 0 Å². The molecule has 2 heteroatoms. The molecule has 0 heterocycles. The molecule has 1 aromatic rings. The number of rotatable bonds is 2. The van der Waals surface area contributed by atoms with Crippen LogP contribution in [0.2, 0.25) is 0 Å². The zero-order valence-electron chi connectivity index (χ0n) is 8.09. The molecule has 0 fully saturated rings. The molecule has 0 saturated carbocycles. The van der Waals surface area contributed by atoms with E-state index in [-0.39, 0.29) is 0 Å². The van der Waals surface area contributed by atoms with E-state index in [1.54, 1.807) is 6.29 Å². The van der Waals surface area contributed by atoms with E-state index < -0.39 is 0 Å². The van der Waals surface area contributed by atoms with Gasteiger partial charge in [0.1, 0.15) is 0 Å². The van der Waals surface area contributed by atoms with Crippen LogP contribution in [-0.4, -0.2) is 12.5 Å². The van der Waals surface area contributed by atoms with E-state index in [4.69, 9.17) is 0 Å². The van der Waals surface area contributed by atoms with Crippen LogP contribution in [0.1, 0.15) is 16.7 Å². The largest absolute Gasteiger partial charge is 0.284 e. The van der Waals surface area contributed by atoms with E-state index in [9.17, 15) is 4.79 Å². The first-order valence-corrected chi connectivity index (χ1v) is 4.13. The molecule has 67 valence electrons. The Bertz CT molecular complexity index is 330. The molecule has 0 aliphatic heterocycles. The van der Waals surface area contributed by atoms with Crippen LogP contribution < -0.4 is 0 Å². The van der Waals surface area contributed by atoms with E-state index in [1.165, 1.54) is 5.56 Å². The van der Waals surface area contributed by atoms with Crippen LogP contribution in [0.15, 0.2) is 17.1 Å². The van der Waals surface area contributed by atoms with Crippen molar-refractivity contribution in [3.63, 3.8) is 0 Å². The highest BCUT2D eigenvalue weighted by Crippen LogP contribution is 2.24. The molecule has 0 amide bonds. The maximum absolute atomic E-state index is 9.99. The summed E-state index contributed by atoms with van der Waals surface area (Å²) in [6, 6.07) is 4.09. The van der Waals surface area contributed by atoms with Crippen LogP contribution in [0, 0.1) is 20.8 Å². The van der Waals surface area contributed by atoms with E-state index in [0.717, 1.165) is 23.0 Å². The van der Waals surface area contributed by atoms with Crippen molar-refractivity contribution < 1.29 is 4.79 Å². The maximum atomic E-state index is 9.99. The lowest BCUT2D eigenvalue weighted by molar-refractivity contribution is 0.567. The zero-order valence-corrected chi connectivity index (χ0v) is 8.09. The molecule has 0 atom stereocenters. The van der Waals surface area contributed by atoms with E-state index in [1.807, 2.05) is 32.9 Å². The molecule has 0 bridgehead atoms. The van der Waals surface area contributed by atoms with Crippen LogP contribution in [0.5, 0.6) is 0 Å². The molecule has 0 spiro atoms.